The van der Waals surface area contributed by atoms with E-state index < -0.39 is 30.5 Å². The fraction of sp³-hybridized carbons (Fsp3) is 1.00. The third-order valence-corrected chi connectivity index (χ3v) is 2.80. The molecule has 0 aromatic carbocycles. The van der Waals surface area contributed by atoms with E-state index >= 15 is 0 Å². The van der Waals surface area contributed by atoms with E-state index in [1.54, 1.807) is 0 Å². The largest absolute Gasteiger partial charge is 0.388 e. The van der Waals surface area contributed by atoms with Crippen molar-refractivity contribution in [3.8, 4) is 0 Å². The minimum absolute atomic E-state index is 0.123. The zero-order valence-electron chi connectivity index (χ0n) is 9.42. The number of rotatable bonds is 1. The molecule has 1 rings (SSSR count). The lowest BCUT2D eigenvalue weighted by atomic mass is 9.80. The average molecular weight is 219 g/mol. The highest BCUT2D eigenvalue weighted by molar-refractivity contribution is 4.96. The van der Waals surface area contributed by atoms with Crippen LogP contribution < -0.4 is 5.73 Å². The van der Waals surface area contributed by atoms with E-state index in [0.29, 0.717) is 0 Å². The highest BCUT2D eigenvalue weighted by Crippen LogP contribution is 2.32. The van der Waals surface area contributed by atoms with E-state index in [-0.39, 0.29) is 12.0 Å². The monoisotopic (exact) mass is 219 g/mol. The highest BCUT2D eigenvalue weighted by atomic mass is 16.5. The van der Waals surface area contributed by atoms with Crippen molar-refractivity contribution in [2.75, 3.05) is 6.54 Å². The first-order valence-electron chi connectivity index (χ1n) is 5.18. The molecular formula is C10H21NO4. The summed E-state index contributed by atoms with van der Waals surface area (Å²) in [5.41, 5.74) is 5.12. The Balaban J connectivity index is 2.83. The fourth-order valence-electron chi connectivity index (χ4n) is 1.86. The predicted molar refractivity (Wildman–Crippen MR) is 55.2 cm³/mol. The van der Waals surface area contributed by atoms with Crippen molar-refractivity contribution >= 4 is 0 Å². The summed E-state index contributed by atoms with van der Waals surface area (Å²) in [5.74, 6) is 0. The standard InChI is InChI=1S/C10H21NO4/c1-10(2,3)9-8(14)7(13)6(12)5(4-11)15-9/h5-9,12-14H,4,11H2,1-3H3/t5-,6-,7+,8-,9-/m1/s1. The maximum atomic E-state index is 9.78. The normalized spacial score (nSPS) is 43.0. The summed E-state index contributed by atoms with van der Waals surface area (Å²) in [6, 6.07) is 0. The maximum absolute atomic E-state index is 9.78. The second-order valence-corrected chi connectivity index (χ2v) is 5.17. The summed E-state index contributed by atoms with van der Waals surface area (Å²) in [4.78, 5) is 0. The molecule has 0 radical (unpaired) electrons. The van der Waals surface area contributed by atoms with E-state index in [1.807, 2.05) is 20.8 Å². The summed E-state index contributed by atoms with van der Waals surface area (Å²) >= 11 is 0. The van der Waals surface area contributed by atoms with Crippen LogP contribution in [0.2, 0.25) is 0 Å². The molecule has 1 aliphatic rings. The molecule has 0 amide bonds. The summed E-state index contributed by atoms with van der Waals surface area (Å²) in [6.07, 6.45) is -4.54. The lowest BCUT2D eigenvalue weighted by Crippen LogP contribution is -2.62. The van der Waals surface area contributed by atoms with Crippen LogP contribution >= 0.6 is 0 Å². The van der Waals surface area contributed by atoms with Crippen LogP contribution in [0, 0.1) is 5.41 Å². The van der Waals surface area contributed by atoms with E-state index in [4.69, 9.17) is 10.5 Å². The quantitative estimate of drug-likeness (QED) is 0.446. The summed E-state index contributed by atoms with van der Waals surface area (Å²) in [7, 11) is 0. The molecule has 0 bridgehead atoms. The summed E-state index contributed by atoms with van der Waals surface area (Å²) in [5, 5.41) is 29.0. The first-order valence-corrected chi connectivity index (χ1v) is 5.18. The Labute approximate surface area is 89.9 Å². The minimum atomic E-state index is -1.20. The van der Waals surface area contributed by atoms with Crippen molar-refractivity contribution in [1.29, 1.82) is 0 Å². The van der Waals surface area contributed by atoms with Gasteiger partial charge in [0, 0.05) is 6.54 Å². The first-order chi connectivity index (χ1) is 6.79. The Bertz CT molecular complexity index is 214. The lowest BCUT2D eigenvalue weighted by Gasteiger charge is -2.45. The van der Waals surface area contributed by atoms with Gasteiger partial charge in [-0.2, -0.15) is 0 Å². The molecule has 1 fully saturated rings. The Kier molecular flexibility index (Phi) is 3.73. The minimum Gasteiger partial charge on any atom is -0.388 e. The molecule has 0 aliphatic carbocycles. The molecule has 1 aliphatic heterocycles. The van der Waals surface area contributed by atoms with Crippen LogP contribution in [-0.2, 0) is 4.74 Å². The Hall–Kier alpha value is -0.200. The topological polar surface area (TPSA) is 95.9 Å². The maximum Gasteiger partial charge on any atom is 0.111 e. The molecule has 0 aromatic rings. The van der Waals surface area contributed by atoms with Gasteiger partial charge in [0.05, 0.1) is 12.2 Å². The van der Waals surface area contributed by atoms with Crippen molar-refractivity contribution in [2.45, 2.75) is 51.3 Å². The molecule has 5 nitrogen and oxygen atoms in total. The molecule has 5 N–H and O–H groups in total. The molecule has 0 aromatic heterocycles. The molecule has 0 spiro atoms. The third-order valence-electron chi connectivity index (χ3n) is 2.80. The number of aliphatic hydroxyl groups is 3. The summed E-state index contributed by atoms with van der Waals surface area (Å²) < 4.78 is 5.51. The molecular weight excluding hydrogens is 198 g/mol. The number of aliphatic hydroxyl groups excluding tert-OH is 3. The van der Waals surface area contributed by atoms with Gasteiger partial charge in [-0.25, -0.2) is 0 Å². The molecule has 5 atom stereocenters. The van der Waals surface area contributed by atoms with Gasteiger partial charge in [-0.05, 0) is 5.41 Å². The Morgan fingerprint density at radius 3 is 2.00 bits per heavy atom. The van der Waals surface area contributed by atoms with Crippen molar-refractivity contribution in [2.24, 2.45) is 11.1 Å². The van der Waals surface area contributed by atoms with Gasteiger partial charge in [-0.15, -0.1) is 0 Å². The molecule has 1 saturated heterocycles. The van der Waals surface area contributed by atoms with E-state index in [9.17, 15) is 15.3 Å². The second-order valence-electron chi connectivity index (χ2n) is 5.17. The predicted octanol–water partition coefficient (Wildman–Crippen LogP) is -1.16. The van der Waals surface area contributed by atoms with Crippen LogP contribution in [-0.4, -0.2) is 52.4 Å². The van der Waals surface area contributed by atoms with Crippen molar-refractivity contribution in [3.05, 3.63) is 0 Å². The zero-order chi connectivity index (χ0) is 11.8. The van der Waals surface area contributed by atoms with Crippen molar-refractivity contribution in [1.82, 2.24) is 0 Å². The molecule has 1 heterocycles. The van der Waals surface area contributed by atoms with E-state index in [1.165, 1.54) is 0 Å². The first kappa shape index (κ1) is 12.9. The second kappa shape index (κ2) is 4.35. The van der Waals surface area contributed by atoms with E-state index in [2.05, 4.69) is 0 Å². The van der Waals surface area contributed by atoms with E-state index in [0.717, 1.165) is 0 Å². The van der Waals surface area contributed by atoms with Crippen LogP contribution in [0.25, 0.3) is 0 Å². The van der Waals surface area contributed by atoms with Crippen LogP contribution in [0.1, 0.15) is 20.8 Å². The number of hydrogen-bond donors (Lipinski definition) is 4. The van der Waals surface area contributed by atoms with Crippen molar-refractivity contribution < 1.29 is 20.1 Å². The molecule has 0 saturated carbocycles. The van der Waals surface area contributed by atoms with Crippen LogP contribution in [0.4, 0.5) is 0 Å². The van der Waals surface area contributed by atoms with Gasteiger partial charge in [0.1, 0.15) is 18.3 Å². The van der Waals surface area contributed by atoms with Gasteiger partial charge in [-0.3, -0.25) is 0 Å². The fourth-order valence-corrected chi connectivity index (χ4v) is 1.86. The zero-order valence-corrected chi connectivity index (χ0v) is 9.42. The number of hydrogen-bond acceptors (Lipinski definition) is 5. The molecule has 0 unspecified atom stereocenters. The Morgan fingerprint density at radius 2 is 1.60 bits per heavy atom. The van der Waals surface area contributed by atoms with Gasteiger partial charge in [-0.1, -0.05) is 20.8 Å². The van der Waals surface area contributed by atoms with Gasteiger partial charge < -0.3 is 25.8 Å². The highest BCUT2D eigenvalue weighted by Gasteiger charge is 2.47. The smallest absolute Gasteiger partial charge is 0.111 e. The number of ether oxygens (including phenoxy) is 1. The SMILES string of the molecule is CC(C)(C)[C@@H]1O[C@H](CN)[C@@H](O)[C@H](O)[C@H]1O. The van der Waals surface area contributed by atoms with Crippen LogP contribution in [0.15, 0.2) is 0 Å². The lowest BCUT2D eigenvalue weighted by molar-refractivity contribution is -0.241. The molecule has 5 heteroatoms. The molecule has 90 valence electrons. The van der Waals surface area contributed by atoms with Gasteiger partial charge >= 0.3 is 0 Å². The average Bonchev–Trinajstić information content (AvgIpc) is 2.13. The molecule has 15 heavy (non-hydrogen) atoms. The summed E-state index contributed by atoms with van der Waals surface area (Å²) in [6.45, 7) is 5.83. The van der Waals surface area contributed by atoms with Crippen molar-refractivity contribution in [3.63, 3.8) is 0 Å². The number of nitrogens with two attached hydrogens (primary N) is 1. The van der Waals surface area contributed by atoms with Gasteiger partial charge in [0.15, 0.2) is 0 Å². The van der Waals surface area contributed by atoms with Gasteiger partial charge in [0.2, 0.25) is 0 Å². The van der Waals surface area contributed by atoms with Gasteiger partial charge in [0.25, 0.3) is 0 Å². The Morgan fingerprint density at radius 1 is 1.07 bits per heavy atom. The van der Waals surface area contributed by atoms with Crippen LogP contribution in [0.3, 0.4) is 0 Å². The van der Waals surface area contributed by atoms with Crippen LogP contribution in [0.5, 0.6) is 0 Å². The third kappa shape index (κ3) is 2.49.